The van der Waals surface area contributed by atoms with E-state index >= 15 is 0 Å². The first-order valence-electron chi connectivity index (χ1n) is 50.9. The molecule has 150 heavy (non-hydrogen) atoms. The number of hydrogen-bond acceptors (Lipinski definition) is 12. The van der Waals surface area contributed by atoms with E-state index in [2.05, 4.69) is 397 Å². The third-order valence-electron chi connectivity index (χ3n) is 30.1. The molecule has 0 fully saturated rings. The highest BCUT2D eigenvalue weighted by Crippen LogP contribution is 2.60. The molecule has 700 valence electrons. The average molecular weight is 1920 g/mol. The van der Waals surface area contributed by atoms with Gasteiger partial charge in [-0.3, -0.25) is 0 Å². The lowest BCUT2D eigenvalue weighted by atomic mass is 9.61. The first-order chi connectivity index (χ1) is 74.4. The van der Waals surface area contributed by atoms with Gasteiger partial charge in [-0.15, -0.1) is 0 Å². The van der Waals surface area contributed by atoms with Crippen molar-refractivity contribution in [3.8, 4) is 170 Å². The monoisotopic (exact) mass is 1910 g/mol. The van der Waals surface area contributed by atoms with Crippen molar-refractivity contribution in [1.29, 1.82) is 0 Å². The lowest BCUT2D eigenvalue weighted by Gasteiger charge is -2.42. The Kier molecular flexibility index (Phi) is 20.9. The fraction of sp³-hybridized carbons (Fsp3) is 0.0294. The van der Waals surface area contributed by atoms with Crippen LogP contribution in [-0.4, -0.2) is 68.9 Å². The van der Waals surface area contributed by atoms with Crippen LogP contribution in [0, 0.1) is 0 Å². The quantitative estimate of drug-likeness (QED) is 0.0900. The van der Waals surface area contributed by atoms with Gasteiger partial charge >= 0.3 is 0 Å². The Morgan fingerprint density at radius 3 is 0.667 bits per heavy atom. The number of para-hydroxylation sites is 6. The number of rotatable bonds is 16. The van der Waals surface area contributed by atoms with Crippen LogP contribution in [0.15, 0.2) is 497 Å². The van der Waals surface area contributed by atoms with Gasteiger partial charge in [0, 0.05) is 134 Å². The third-order valence-corrected chi connectivity index (χ3v) is 30.1. The summed E-state index contributed by atoms with van der Waals surface area (Å²) in [6.07, 6.45) is 0. The molecular formula is C136H86N14. The predicted molar refractivity (Wildman–Crippen MR) is 601 cm³/mol. The molecule has 0 saturated carbocycles. The highest BCUT2D eigenvalue weighted by atomic mass is 15.1. The van der Waals surface area contributed by atoms with Crippen LogP contribution in [0.4, 0.5) is 0 Å². The van der Waals surface area contributed by atoms with Gasteiger partial charge in [-0.2, -0.15) is 0 Å². The first kappa shape index (κ1) is 86.7. The van der Waals surface area contributed by atoms with Crippen LogP contribution in [0.1, 0.15) is 90.4 Å². The second kappa shape index (κ2) is 36.1. The fourth-order valence-electron chi connectivity index (χ4n) is 23.5. The summed E-state index contributed by atoms with van der Waals surface area (Å²) in [4.78, 5) is 62.3. The van der Waals surface area contributed by atoms with Gasteiger partial charge in [0.25, 0.3) is 0 Å². The summed E-state index contributed by atoms with van der Waals surface area (Å²) in [7, 11) is 0. The van der Waals surface area contributed by atoms with Crippen LogP contribution >= 0.6 is 0 Å². The molecule has 0 amide bonds. The first-order valence-corrected chi connectivity index (χ1v) is 50.9. The van der Waals surface area contributed by atoms with Gasteiger partial charge in [-0.25, -0.2) is 59.8 Å². The van der Waals surface area contributed by atoms with Crippen molar-refractivity contribution in [1.82, 2.24) is 68.9 Å². The normalized spacial score (nSPS) is 14.1. The van der Waals surface area contributed by atoms with Crippen molar-refractivity contribution in [3.05, 3.63) is 564 Å². The Morgan fingerprint density at radius 2 is 0.340 bits per heavy atom. The van der Waals surface area contributed by atoms with Crippen molar-refractivity contribution in [3.63, 3.8) is 0 Å². The highest BCUT2D eigenvalue weighted by molar-refractivity contribution is 6.16. The topological polar surface area (TPSA) is 165 Å². The van der Waals surface area contributed by atoms with E-state index in [4.69, 9.17) is 59.8 Å². The van der Waals surface area contributed by atoms with E-state index in [0.29, 0.717) is 69.9 Å². The summed E-state index contributed by atoms with van der Waals surface area (Å²) in [6.45, 7) is 0. The van der Waals surface area contributed by atoms with E-state index < -0.39 is 0 Å². The second-order valence-electron chi connectivity index (χ2n) is 38.7. The summed E-state index contributed by atoms with van der Waals surface area (Å²) >= 11 is 0. The number of hydrogen-bond donors (Lipinski definition) is 0. The van der Waals surface area contributed by atoms with Crippen molar-refractivity contribution < 1.29 is 0 Å². The summed E-state index contributed by atoms with van der Waals surface area (Å²) in [5.74, 6) is 7.61. The molecule has 0 radical (unpaired) electrons. The molecule has 6 heterocycles. The molecule has 4 atom stereocenters. The molecule has 6 aliphatic carbocycles. The van der Waals surface area contributed by atoms with Gasteiger partial charge in [0.2, 0.25) is 0 Å². The largest absolute Gasteiger partial charge is 0.309 e. The number of aromatic nitrogens is 14. The van der Waals surface area contributed by atoms with Crippen LogP contribution in [0.5, 0.6) is 0 Å². The summed E-state index contributed by atoms with van der Waals surface area (Å²) < 4.78 is 4.78. The molecule has 32 rings (SSSR count). The molecule has 4 unspecified atom stereocenters. The number of nitrogens with zero attached hydrogens (tertiary/aromatic N) is 14. The average Bonchev–Trinajstić information content (AvgIpc) is 1.16. The van der Waals surface area contributed by atoms with Crippen molar-refractivity contribution in [2.45, 2.75) is 23.7 Å². The molecule has 0 aliphatic heterocycles. The highest BCUT2D eigenvalue weighted by Gasteiger charge is 2.44. The SMILES string of the molecule is c1ccc(-c2nc(-c3ccccc3)nc(-c3ccc4c(c3)C3c5ccccc5C4c4cc(-c5nc(-c6ccccc6)nc(-c6cccc(-c7cccc8c9ccccc9n(-c9ccccc9)c78)c6)n5)ccc43)n2)cc1.c1ccc(-c2nc(-c3ccccc3)nc(-c3ccc4c(c3)C3c5ccccc5C4c4cc(-c5nc(-c6ccccc6)nc(-c6ccccc6-c6cccc7c8ccccc8n(-c8ccccc8)c67)n5)ccc43)n2)cc1. The maximum absolute atomic E-state index is 5.44. The van der Waals surface area contributed by atoms with E-state index in [1.807, 2.05) is 109 Å². The minimum atomic E-state index is -0.00389. The maximum atomic E-state index is 5.44. The molecule has 6 aliphatic rings. The Hall–Kier alpha value is -20.0. The number of benzene rings is 20. The molecule has 20 aromatic carbocycles. The molecule has 14 nitrogen and oxygen atoms in total. The fourth-order valence-corrected chi connectivity index (χ4v) is 23.5. The lowest BCUT2D eigenvalue weighted by molar-refractivity contribution is 0.754. The second-order valence-corrected chi connectivity index (χ2v) is 38.7. The Morgan fingerprint density at radius 1 is 0.127 bits per heavy atom. The van der Waals surface area contributed by atoms with E-state index in [9.17, 15) is 0 Å². The van der Waals surface area contributed by atoms with Gasteiger partial charge < -0.3 is 9.13 Å². The summed E-state index contributed by atoms with van der Waals surface area (Å²) in [6, 6.07) is 175. The zero-order valence-electron chi connectivity index (χ0n) is 80.9. The van der Waals surface area contributed by atoms with E-state index in [1.54, 1.807) is 0 Å². The van der Waals surface area contributed by atoms with Crippen molar-refractivity contribution in [2.24, 2.45) is 0 Å². The lowest BCUT2D eigenvalue weighted by Crippen LogP contribution is -2.27. The van der Waals surface area contributed by atoms with Gasteiger partial charge in [0.15, 0.2) is 69.9 Å². The molecule has 0 N–H and O–H groups in total. The Balaban J connectivity index is 0.000000141. The maximum Gasteiger partial charge on any atom is 0.164 e. The minimum absolute atomic E-state index is 0.00379. The minimum Gasteiger partial charge on any atom is -0.309 e. The van der Waals surface area contributed by atoms with Crippen LogP contribution in [-0.2, 0) is 0 Å². The van der Waals surface area contributed by atoms with Crippen LogP contribution in [0.25, 0.3) is 214 Å². The van der Waals surface area contributed by atoms with Gasteiger partial charge in [-0.1, -0.05) is 431 Å². The van der Waals surface area contributed by atoms with E-state index in [0.717, 1.165) is 117 Å². The zero-order valence-corrected chi connectivity index (χ0v) is 80.9. The molecular weight excluding hydrogens is 1830 g/mol. The van der Waals surface area contributed by atoms with Gasteiger partial charge in [0.1, 0.15) is 0 Å². The van der Waals surface area contributed by atoms with Crippen molar-refractivity contribution in [2.75, 3.05) is 0 Å². The molecule has 4 bridgehead atoms. The van der Waals surface area contributed by atoms with Crippen LogP contribution in [0.3, 0.4) is 0 Å². The standard InChI is InChI=1S/2C68H43N7/c1-5-20-42(21-6-1)63-69-64(43-22-7-2-8-23-43)71-66(70-63)45-36-38-52-57(40-45)60-50-30-14-15-31-51(50)61(52)58-41-46(37-39-53(58)60)67-72-65(44-24-9-3-10-25-44)73-68(74-67)56-32-16-13-28-48(56)54-33-19-34-55-49-29-17-18-35-59(49)75(62(54)55)47-26-11-4-12-27-47;1-5-19-42(20-6-1)63-69-64(43-21-7-2-8-22-43)72-67(71-63)47-35-37-54-57(40-47)60-52-30-13-14-31-53(52)61(54)58-41-48(36-38-55(58)60)68-73-65(44-23-9-3-10-24-44)70-66(74-68)46-26-17-25-45(39-46)50-32-18-33-56-51-29-15-16-34-59(51)75(62(50)56)49-27-11-4-12-28-49/h2*1-41,60-61H. The smallest absolute Gasteiger partial charge is 0.164 e. The Bertz CT molecular complexity index is 9730. The van der Waals surface area contributed by atoms with Crippen LogP contribution < -0.4 is 0 Å². The summed E-state index contributed by atoms with van der Waals surface area (Å²) in [5.41, 5.74) is 37.9. The molecule has 26 aromatic rings. The zero-order chi connectivity index (χ0) is 98.8. The number of fused-ring (bicyclic) bond motifs is 6. The predicted octanol–water partition coefficient (Wildman–Crippen LogP) is 31.6. The van der Waals surface area contributed by atoms with Gasteiger partial charge in [-0.05, 0) is 145 Å². The van der Waals surface area contributed by atoms with Crippen LogP contribution in [0.2, 0.25) is 0 Å². The molecule has 14 heteroatoms. The Labute approximate surface area is 864 Å². The van der Waals surface area contributed by atoms with E-state index in [1.165, 1.54) is 93.8 Å². The van der Waals surface area contributed by atoms with E-state index in [-0.39, 0.29) is 23.7 Å². The third kappa shape index (κ3) is 14.8. The van der Waals surface area contributed by atoms with Gasteiger partial charge in [0.05, 0.1) is 22.1 Å². The summed E-state index contributed by atoms with van der Waals surface area (Å²) in [5, 5.41) is 4.81. The molecule has 0 spiro atoms. The molecule has 0 saturated heterocycles. The molecule has 6 aromatic heterocycles. The van der Waals surface area contributed by atoms with Crippen molar-refractivity contribution >= 4 is 43.6 Å².